The summed E-state index contributed by atoms with van der Waals surface area (Å²) in [6.07, 6.45) is 4.13. The van der Waals surface area contributed by atoms with E-state index in [1.54, 1.807) is 0 Å². The highest BCUT2D eigenvalue weighted by Gasteiger charge is 2.16. The molecule has 1 aromatic carbocycles. The maximum Gasteiger partial charge on any atom is 0.162 e. The van der Waals surface area contributed by atoms with E-state index in [0.29, 0.717) is 6.04 Å². The van der Waals surface area contributed by atoms with Crippen LogP contribution in [0.5, 0.6) is 0 Å². The van der Waals surface area contributed by atoms with Gasteiger partial charge in [0.05, 0.1) is 17.6 Å². The average Bonchev–Trinajstić information content (AvgIpc) is 2.95. The van der Waals surface area contributed by atoms with Crippen molar-refractivity contribution in [1.29, 1.82) is 0 Å². The van der Waals surface area contributed by atoms with Crippen LogP contribution in [0, 0.1) is 27.7 Å². The molecule has 0 fully saturated rings. The molecule has 0 aliphatic rings. The normalized spacial score (nSPS) is 11.5. The van der Waals surface area contributed by atoms with Gasteiger partial charge in [-0.3, -0.25) is 0 Å². The van der Waals surface area contributed by atoms with Crippen LogP contribution in [0.1, 0.15) is 49.1 Å². The molecule has 0 spiro atoms. The minimum Gasteiger partial charge on any atom is -0.380 e. The van der Waals surface area contributed by atoms with Crippen molar-refractivity contribution in [2.45, 2.75) is 60.4 Å². The summed E-state index contributed by atoms with van der Waals surface area (Å²) >= 11 is 0. The van der Waals surface area contributed by atoms with Crippen LogP contribution in [-0.4, -0.2) is 20.6 Å². The minimum absolute atomic E-state index is 0.465. The van der Waals surface area contributed by atoms with Crippen molar-refractivity contribution in [2.75, 3.05) is 5.32 Å². The first-order valence-corrected chi connectivity index (χ1v) is 9.14. The molecule has 4 nitrogen and oxygen atoms in total. The highest BCUT2D eigenvalue weighted by molar-refractivity contribution is 5.76. The second kappa shape index (κ2) is 6.87. The monoisotopic (exact) mass is 336 g/mol. The van der Waals surface area contributed by atoms with Gasteiger partial charge in [-0.05, 0) is 57.7 Å². The molecule has 3 aromatic rings. The molecular formula is C21H28N4. The quantitative estimate of drug-likeness (QED) is 0.693. The van der Waals surface area contributed by atoms with Crippen molar-refractivity contribution < 1.29 is 0 Å². The number of aryl methyl sites for hydroxylation is 4. The van der Waals surface area contributed by atoms with E-state index in [2.05, 4.69) is 58.1 Å². The second-order valence-corrected chi connectivity index (χ2v) is 7.01. The van der Waals surface area contributed by atoms with Crippen LogP contribution in [0.4, 0.5) is 5.69 Å². The maximum absolute atomic E-state index is 4.75. The molecule has 0 bridgehead atoms. The Balaban J connectivity index is 2.19. The molecule has 0 unspecified atom stereocenters. The molecule has 0 saturated heterocycles. The minimum atomic E-state index is 0.465. The van der Waals surface area contributed by atoms with Crippen molar-refractivity contribution in [2.24, 2.45) is 0 Å². The highest BCUT2D eigenvalue weighted by atomic mass is 15.3. The molecule has 0 amide bonds. The standard InChI is InChI=1S/C21H28N4/c1-7-17(8-2)23-18-11-16(6)24-25-19(18)12-22-21(25)20-14(4)9-13(3)10-15(20)5/h9-12,17,23H,7-8H2,1-6H3. The van der Waals surface area contributed by atoms with Crippen LogP contribution in [-0.2, 0) is 0 Å². The fraction of sp³-hybridized carbons (Fsp3) is 0.429. The first-order valence-electron chi connectivity index (χ1n) is 9.14. The Bertz CT molecular complexity index is 881. The Hall–Kier alpha value is -2.36. The molecule has 3 rings (SSSR count). The predicted octanol–water partition coefficient (Wildman–Crippen LogP) is 5.23. The number of anilines is 1. The average molecular weight is 336 g/mol. The number of nitrogens with one attached hydrogen (secondary N) is 1. The molecular weight excluding hydrogens is 308 g/mol. The third-order valence-corrected chi connectivity index (χ3v) is 4.87. The Kier molecular flexibility index (Phi) is 4.80. The van der Waals surface area contributed by atoms with Crippen LogP contribution in [0.2, 0.25) is 0 Å². The zero-order valence-electron chi connectivity index (χ0n) is 16.1. The zero-order valence-corrected chi connectivity index (χ0v) is 16.1. The van der Waals surface area contributed by atoms with Crippen LogP contribution in [0.3, 0.4) is 0 Å². The van der Waals surface area contributed by atoms with E-state index in [1.807, 2.05) is 17.6 Å². The lowest BCUT2D eigenvalue weighted by Crippen LogP contribution is -2.18. The number of benzene rings is 1. The van der Waals surface area contributed by atoms with E-state index in [4.69, 9.17) is 10.1 Å². The van der Waals surface area contributed by atoms with Crippen molar-refractivity contribution in [1.82, 2.24) is 14.6 Å². The number of rotatable bonds is 5. The summed E-state index contributed by atoms with van der Waals surface area (Å²) in [4.78, 5) is 4.74. The maximum atomic E-state index is 4.75. The molecule has 2 aromatic heterocycles. The van der Waals surface area contributed by atoms with E-state index in [0.717, 1.165) is 35.6 Å². The van der Waals surface area contributed by atoms with Crippen molar-refractivity contribution in [3.8, 4) is 11.4 Å². The first kappa shape index (κ1) is 17.5. The van der Waals surface area contributed by atoms with Crippen molar-refractivity contribution in [3.63, 3.8) is 0 Å². The van der Waals surface area contributed by atoms with Gasteiger partial charge in [0.25, 0.3) is 0 Å². The summed E-state index contributed by atoms with van der Waals surface area (Å²) in [5.41, 5.74) is 8.07. The third-order valence-electron chi connectivity index (χ3n) is 4.87. The van der Waals surface area contributed by atoms with Gasteiger partial charge in [-0.15, -0.1) is 0 Å². The van der Waals surface area contributed by atoms with Gasteiger partial charge in [0, 0.05) is 11.6 Å². The van der Waals surface area contributed by atoms with Gasteiger partial charge in [-0.25, -0.2) is 9.50 Å². The van der Waals surface area contributed by atoms with Crippen LogP contribution < -0.4 is 5.32 Å². The first-order chi connectivity index (χ1) is 11.9. The topological polar surface area (TPSA) is 42.2 Å². The van der Waals surface area contributed by atoms with Gasteiger partial charge in [-0.1, -0.05) is 31.5 Å². The number of hydrogen-bond donors (Lipinski definition) is 1. The summed E-state index contributed by atoms with van der Waals surface area (Å²) < 4.78 is 1.99. The van der Waals surface area contributed by atoms with Gasteiger partial charge in [0.1, 0.15) is 5.52 Å². The molecule has 2 heterocycles. The van der Waals surface area contributed by atoms with E-state index >= 15 is 0 Å². The largest absolute Gasteiger partial charge is 0.380 e. The van der Waals surface area contributed by atoms with Gasteiger partial charge >= 0.3 is 0 Å². The summed E-state index contributed by atoms with van der Waals surface area (Å²) in [6.45, 7) is 12.9. The molecule has 132 valence electrons. The lowest BCUT2D eigenvalue weighted by molar-refractivity contribution is 0.671. The molecule has 0 aliphatic heterocycles. The van der Waals surface area contributed by atoms with Gasteiger partial charge < -0.3 is 5.32 Å². The van der Waals surface area contributed by atoms with Crippen LogP contribution >= 0.6 is 0 Å². The number of hydrogen-bond acceptors (Lipinski definition) is 3. The number of imidazole rings is 1. The predicted molar refractivity (Wildman–Crippen MR) is 105 cm³/mol. The molecule has 0 radical (unpaired) electrons. The Morgan fingerprint density at radius 2 is 1.64 bits per heavy atom. The fourth-order valence-electron chi connectivity index (χ4n) is 3.63. The summed E-state index contributed by atoms with van der Waals surface area (Å²) in [5, 5.41) is 8.41. The molecule has 0 atom stereocenters. The van der Waals surface area contributed by atoms with Crippen LogP contribution in [0.15, 0.2) is 24.4 Å². The fourth-order valence-corrected chi connectivity index (χ4v) is 3.63. The molecule has 0 aliphatic carbocycles. The Labute approximate surface area is 150 Å². The zero-order chi connectivity index (χ0) is 18.1. The van der Waals surface area contributed by atoms with Crippen molar-refractivity contribution in [3.05, 3.63) is 46.8 Å². The van der Waals surface area contributed by atoms with Gasteiger partial charge in [-0.2, -0.15) is 5.10 Å². The number of aromatic nitrogens is 3. The SMILES string of the molecule is CCC(CC)Nc1cc(C)nn2c(-c3c(C)cc(C)cc3C)ncc12. The van der Waals surface area contributed by atoms with Crippen LogP contribution in [0.25, 0.3) is 16.9 Å². The van der Waals surface area contributed by atoms with Crippen molar-refractivity contribution >= 4 is 11.2 Å². The van der Waals surface area contributed by atoms with Gasteiger partial charge in [0.2, 0.25) is 0 Å². The molecule has 4 heteroatoms. The van der Waals surface area contributed by atoms with E-state index in [1.165, 1.54) is 22.3 Å². The summed E-state index contributed by atoms with van der Waals surface area (Å²) in [7, 11) is 0. The third kappa shape index (κ3) is 3.26. The highest BCUT2D eigenvalue weighted by Crippen LogP contribution is 2.30. The summed E-state index contributed by atoms with van der Waals surface area (Å²) in [6, 6.07) is 7.01. The molecule has 0 saturated carbocycles. The number of nitrogens with zero attached hydrogens (tertiary/aromatic N) is 3. The Morgan fingerprint density at radius 3 is 2.24 bits per heavy atom. The van der Waals surface area contributed by atoms with Gasteiger partial charge in [0.15, 0.2) is 5.82 Å². The molecule has 1 N–H and O–H groups in total. The van der Waals surface area contributed by atoms with E-state index in [-0.39, 0.29) is 0 Å². The smallest absolute Gasteiger partial charge is 0.162 e. The lowest BCUT2D eigenvalue weighted by atomic mass is 9.99. The lowest BCUT2D eigenvalue weighted by Gasteiger charge is -2.18. The Morgan fingerprint density at radius 1 is 1.00 bits per heavy atom. The summed E-state index contributed by atoms with van der Waals surface area (Å²) in [5.74, 6) is 0.918. The second-order valence-electron chi connectivity index (χ2n) is 7.01. The number of fused-ring (bicyclic) bond motifs is 1. The van der Waals surface area contributed by atoms with E-state index < -0.39 is 0 Å². The molecule has 25 heavy (non-hydrogen) atoms. The van der Waals surface area contributed by atoms with E-state index in [9.17, 15) is 0 Å².